The van der Waals surface area contributed by atoms with Crippen LogP contribution >= 0.6 is 0 Å². The molecule has 130 valence electrons. The number of aliphatic carboxylic acids is 1. The second-order valence-electron chi connectivity index (χ2n) is 6.45. The predicted molar refractivity (Wildman–Crippen MR) is 99.8 cm³/mol. The molecule has 0 radical (unpaired) electrons. The number of rotatable bonds is 17. The van der Waals surface area contributed by atoms with E-state index in [2.05, 4.69) is 6.92 Å². The Morgan fingerprint density at radius 1 is 0.636 bits per heavy atom. The predicted octanol–water partition coefficient (Wildman–Crippen LogP) is 6.57. The van der Waals surface area contributed by atoms with Gasteiger partial charge in [-0.15, -0.1) is 0 Å². The van der Waals surface area contributed by atoms with Crippen molar-refractivity contribution >= 4 is 43.7 Å². The molecule has 0 saturated carbocycles. The first kappa shape index (κ1) is 25.0. The van der Waals surface area contributed by atoms with Gasteiger partial charge in [-0.2, -0.15) is 0 Å². The molecular weight excluding hydrogens is 300 g/mol. The molecule has 1 N–H and O–H groups in total. The quantitative estimate of drug-likeness (QED) is 0.240. The monoisotopic (exact) mass is 340 g/mol. The van der Waals surface area contributed by atoms with Gasteiger partial charge >= 0.3 is 43.7 Å². The molecule has 0 saturated heterocycles. The number of hydrogen-bond acceptors (Lipinski definition) is 1. The Morgan fingerprint density at radius 3 is 1.18 bits per heavy atom. The van der Waals surface area contributed by atoms with E-state index in [1.807, 2.05) is 0 Å². The average Bonchev–Trinajstić information content (AvgIpc) is 2.46. The van der Waals surface area contributed by atoms with E-state index in [4.69, 9.17) is 5.11 Å². The minimum absolute atomic E-state index is 0. The van der Waals surface area contributed by atoms with Crippen molar-refractivity contribution in [3.8, 4) is 0 Å². The molecule has 0 aliphatic rings. The molecule has 0 spiro atoms. The van der Waals surface area contributed by atoms with Gasteiger partial charge in [0.05, 0.1) is 0 Å². The van der Waals surface area contributed by atoms with Crippen LogP contribution in [0.15, 0.2) is 0 Å². The zero-order valence-electron chi connectivity index (χ0n) is 17.1. The number of carbonyl (C=O) groups is 1. The maximum atomic E-state index is 10.3. The molecule has 0 atom stereocenters. The molecule has 3 heteroatoms. The summed E-state index contributed by atoms with van der Waals surface area (Å²) < 4.78 is 0. The second kappa shape index (κ2) is 21.7. The van der Waals surface area contributed by atoms with Crippen molar-refractivity contribution in [2.45, 2.75) is 116 Å². The summed E-state index contributed by atoms with van der Waals surface area (Å²) >= 11 is 0. The van der Waals surface area contributed by atoms with Crippen molar-refractivity contribution in [2.75, 3.05) is 0 Å². The van der Waals surface area contributed by atoms with E-state index in [9.17, 15) is 4.79 Å². The van der Waals surface area contributed by atoms with Gasteiger partial charge in [-0.3, -0.25) is 4.79 Å². The minimum Gasteiger partial charge on any atom is -1.00 e. The summed E-state index contributed by atoms with van der Waals surface area (Å²) in [6.45, 7) is 2.27. The van der Waals surface area contributed by atoms with Gasteiger partial charge in [0.1, 0.15) is 0 Å². The van der Waals surface area contributed by atoms with Gasteiger partial charge in [0.2, 0.25) is 0 Å². The molecule has 0 amide bonds. The van der Waals surface area contributed by atoms with E-state index in [1.54, 1.807) is 0 Å². The van der Waals surface area contributed by atoms with Crippen molar-refractivity contribution in [2.24, 2.45) is 0 Å². The van der Waals surface area contributed by atoms with Crippen molar-refractivity contribution < 1.29 is 12.8 Å². The molecule has 0 fully saturated rings. The normalized spacial score (nSPS) is 10.4. The van der Waals surface area contributed by atoms with E-state index in [0.717, 1.165) is 12.8 Å². The largest absolute Gasteiger partial charge is 2.00 e. The molecule has 2 nitrogen and oxygen atoms in total. The maximum Gasteiger partial charge on any atom is 2.00 e. The van der Waals surface area contributed by atoms with E-state index in [-0.39, 0.29) is 40.6 Å². The van der Waals surface area contributed by atoms with Gasteiger partial charge in [-0.25, -0.2) is 0 Å². The Hall–Kier alpha value is 0.730. The van der Waals surface area contributed by atoms with E-state index >= 15 is 0 Å². The summed E-state index contributed by atoms with van der Waals surface area (Å²) in [4.78, 5) is 10.3. The van der Waals surface area contributed by atoms with Gasteiger partial charge in [0.25, 0.3) is 0 Å². The van der Waals surface area contributed by atoms with Crippen LogP contribution in [-0.4, -0.2) is 48.8 Å². The van der Waals surface area contributed by atoms with E-state index < -0.39 is 5.97 Å². The summed E-state index contributed by atoms with van der Waals surface area (Å²) in [5.74, 6) is -0.652. The van der Waals surface area contributed by atoms with Crippen molar-refractivity contribution in [1.82, 2.24) is 0 Å². The van der Waals surface area contributed by atoms with Crippen LogP contribution in [0.2, 0.25) is 0 Å². The third-order valence-corrected chi connectivity index (χ3v) is 4.24. The molecule has 0 aliphatic carbocycles. The Kier molecular flexibility index (Phi) is 24.7. The molecule has 0 rings (SSSR count). The first-order valence-corrected chi connectivity index (χ1v) is 9.49. The van der Waals surface area contributed by atoms with Crippen LogP contribution < -0.4 is 0 Å². The van der Waals surface area contributed by atoms with Gasteiger partial charge in [0, 0.05) is 6.42 Å². The fourth-order valence-corrected chi connectivity index (χ4v) is 2.82. The fourth-order valence-electron chi connectivity index (χ4n) is 2.82. The van der Waals surface area contributed by atoms with Crippen LogP contribution in [0.1, 0.15) is 119 Å². The van der Waals surface area contributed by atoms with Crippen LogP contribution in [0.4, 0.5) is 0 Å². The van der Waals surface area contributed by atoms with E-state index in [0.29, 0.717) is 6.42 Å². The first-order valence-electron chi connectivity index (χ1n) is 9.49. The summed E-state index contributed by atoms with van der Waals surface area (Å²) in [5, 5.41) is 8.53. The van der Waals surface area contributed by atoms with Crippen LogP contribution in [0.25, 0.3) is 0 Å². The molecule has 0 aliphatic heterocycles. The molecule has 0 bridgehead atoms. The first-order chi connectivity index (χ1) is 10.3. The Balaban J connectivity index is -0.000000667. The summed E-state index contributed by atoms with van der Waals surface area (Å²) in [5.41, 5.74) is 0. The Morgan fingerprint density at radius 2 is 0.909 bits per heavy atom. The van der Waals surface area contributed by atoms with Gasteiger partial charge in [-0.05, 0) is 6.42 Å². The Labute approximate surface area is 171 Å². The zero-order chi connectivity index (χ0) is 15.6. The number of unbranched alkanes of at least 4 members (excludes halogenated alkanes) is 15. The molecule has 0 aromatic rings. The third kappa shape index (κ3) is 23.0. The van der Waals surface area contributed by atoms with Crippen molar-refractivity contribution in [3.63, 3.8) is 0 Å². The SMILES string of the molecule is CCCCCCCCCCCCCCCCCCC(=O)O.[Ca+2].[H-].[H-]. The van der Waals surface area contributed by atoms with Gasteiger partial charge in [0.15, 0.2) is 0 Å². The number of carboxylic acids is 1. The third-order valence-electron chi connectivity index (χ3n) is 4.24. The minimum atomic E-state index is -0.652. The van der Waals surface area contributed by atoms with Crippen molar-refractivity contribution in [1.29, 1.82) is 0 Å². The van der Waals surface area contributed by atoms with E-state index in [1.165, 1.54) is 89.9 Å². The average molecular weight is 341 g/mol. The molecule has 22 heavy (non-hydrogen) atoms. The zero-order valence-corrected chi connectivity index (χ0v) is 17.3. The second-order valence-corrected chi connectivity index (χ2v) is 6.45. The van der Waals surface area contributed by atoms with Crippen LogP contribution in [0, 0.1) is 0 Å². The van der Waals surface area contributed by atoms with Gasteiger partial charge in [-0.1, -0.05) is 103 Å². The topological polar surface area (TPSA) is 37.3 Å². The van der Waals surface area contributed by atoms with Crippen LogP contribution in [0.3, 0.4) is 0 Å². The summed E-state index contributed by atoms with van der Waals surface area (Å²) in [6.07, 6.45) is 21.7. The molecular formula is C19H40CaO2. The maximum absolute atomic E-state index is 10.3. The van der Waals surface area contributed by atoms with Crippen molar-refractivity contribution in [3.05, 3.63) is 0 Å². The smallest absolute Gasteiger partial charge is 1.00 e. The molecule has 0 aromatic heterocycles. The van der Waals surface area contributed by atoms with Crippen LogP contribution in [-0.2, 0) is 4.79 Å². The number of hydrogen-bond donors (Lipinski definition) is 1. The molecule has 0 aromatic carbocycles. The Bertz CT molecular complexity index is 229. The standard InChI is InChI=1S/C19H38O2.Ca.2H/c1-2-3-4-5-6-7-8-9-10-11-12-13-14-15-16-17-18-19(20)21;;;/h2-18H2,1H3,(H,20,21);;;/q;+2;2*-1. The fraction of sp³-hybridized carbons (Fsp3) is 0.947. The van der Waals surface area contributed by atoms with Gasteiger partial charge < -0.3 is 7.96 Å². The summed E-state index contributed by atoms with van der Waals surface area (Å²) in [6, 6.07) is 0. The molecule has 0 heterocycles. The van der Waals surface area contributed by atoms with Crippen LogP contribution in [0.5, 0.6) is 0 Å². The number of carboxylic acid groups (broad SMARTS) is 1. The molecule has 0 unspecified atom stereocenters. The summed E-state index contributed by atoms with van der Waals surface area (Å²) in [7, 11) is 0.